The first kappa shape index (κ1) is 23.3. The molecule has 0 spiro atoms. The van der Waals surface area contributed by atoms with E-state index in [0.29, 0.717) is 11.8 Å². The van der Waals surface area contributed by atoms with E-state index in [1.165, 1.54) is 61.4 Å². The summed E-state index contributed by atoms with van der Waals surface area (Å²) in [4.78, 5) is 11.0. The summed E-state index contributed by atoms with van der Waals surface area (Å²) in [6, 6.07) is 11.6. The van der Waals surface area contributed by atoms with Crippen molar-refractivity contribution in [2.75, 3.05) is 0 Å². The van der Waals surface area contributed by atoms with Crippen molar-refractivity contribution in [1.29, 1.82) is 0 Å². The third-order valence-corrected chi connectivity index (χ3v) is 10.8. The van der Waals surface area contributed by atoms with Gasteiger partial charge in [-0.25, -0.2) is 9.97 Å². The van der Waals surface area contributed by atoms with Crippen LogP contribution in [0.4, 0.5) is 0 Å². The van der Waals surface area contributed by atoms with Crippen LogP contribution in [-0.2, 0) is 6.42 Å². The van der Waals surface area contributed by atoms with Crippen molar-refractivity contribution >= 4 is 86.0 Å². The van der Waals surface area contributed by atoms with Crippen LogP contribution in [0.15, 0.2) is 48.8 Å². The highest BCUT2D eigenvalue weighted by Gasteiger charge is 2.21. The van der Waals surface area contributed by atoms with Crippen LogP contribution in [-0.4, -0.2) is 9.97 Å². The van der Waals surface area contributed by atoms with Gasteiger partial charge in [-0.2, -0.15) is 0 Å². The SMILES string of the molecule is CC(C)Cc1ccc2c(c1)sc1c(-c3cc(C(C)C)c4c(c3)sc3c5c(sc34)C=CCC=C5)ncnc12. The average molecular weight is 537 g/mol. The number of benzene rings is 2. The maximum atomic E-state index is 4.86. The Morgan fingerprint density at radius 2 is 1.68 bits per heavy atom. The quantitative estimate of drug-likeness (QED) is 0.224. The van der Waals surface area contributed by atoms with Crippen LogP contribution in [0.5, 0.6) is 0 Å². The van der Waals surface area contributed by atoms with Gasteiger partial charge in [0, 0.05) is 36.2 Å². The van der Waals surface area contributed by atoms with Crippen LogP contribution >= 0.6 is 34.0 Å². The molecule has 1 aliphatic rings. The van der Waals surface area contributed by atoms with E-state index >= 15 is 0 Å². The van der Waals surface area contributed by atoms with E-state index in [9.17, 15) is 0 Å². The molecule has 2 aromatic carbocycles. The minimum absolute atomic E-state index is 0.423. The highest BCUT2D eigenvalue weighted by molar-refractivity contribution is 7.33. The van der Waals surface area contributed by atoms with Crippen LogP contribution in [0.25, 0.3) is 63.2 Å². The number of rotatable bonds is 4. The van der Waals surface area contributed by atoms with Crippen LogP contribution in [0.2, 0.25) is 0 Å². The summed E-state index contributed by atoms with van der Waals surface area (Å²) in [5.74, 6) is 1.07. The second kappa shape index (κ2) is 8.87. The Hall–Kier alpha value is -2.86. The minimum Gasteiger partial charge on any atom is -0.235 e. The number of hydrogen-bond acceptors (Lipinski definition) is 5. The fourth-order valence-corrected chi connectivity index (χ4v) is 9.54. The molecule has 37 heavy (non-hydrogen) atoms. The second-order valence-corrected chi connectivity index (χ2v) is 13.9. The predicted octanol–water partition coefficient (Wildman–Crippen LogP) is 10.7. The van der Waals surface area contributed by atoms with Crippen LogP contribution in [0.3, 0.4) is 0 Å². The van der Waals surface area contributed by atoms with Gasteiger partial charge in [-0.3, -0.25) is 0 Å². The van der Waals surface area contributed by atoms with Gasteiger partial charge in [0.25, 0.3) is 0 Å². The lowest BCUT2D eigenvalue weighted by Crippen LogP contribution is -1.93. The van der Waals surface area contributed by atoms with Crippen LogP contribution in [0.1, 0.15) is 61.6 Å². The van der Waals surface area contributed by atoms with Gasteiger partial charge >= 0.3 is 0 Å². The molecule has 0 atom stereocenters. The molecular formula is C32H28N2S3. The Morgan fingerprint density at radius 3 is 2.51 bits per heavy atom. The smallest absolute Gasteiger partial charge is 0.116 e. The van der Waals surface area contributed by atoms with E-state index < -0.39 is 0 Å². The first-order chi connectivity index (χ1) is 18.0. The molecule has 0 bridgehead atoms. The van der Waals surface area contributed by atoms with E-state index in [1.54, 1.807) is 6.33 Å². The van der Waals surface area contributed by atoms with Crippen molar-refractivity contribution in [2.45, 2.75) is 46.5 Å². The molecule has 4 aromatic heterocycles. The molecule has 0 aliphatic heterocycles. The lowest BCUT2D eigenvalue weighted by Gasteiger charge is -2.11. The number of allylic oxidation sites excluding steroid dienone is 2. The maximum Gasteiger partial charge on any atom is 0.116 e. The van der Waals surface area contributed by atoms with Gasteiger partial charge in [0.05, 0.1) is 25.3 Å². The van der Waals surface area contributed by atoms with Crippen molar-refractivity contribution in [3.8, 4) is 11.3 Å². The van der Waals surface area contributed by atoms with Gasteiger partial charge in [-0.1, -0.05) is 58.1 Å². The summed E-state index contributed by atoms with van der Waals surface area (Å²) in [6.45, 7) is 9.18. The summed E-state index contributed by atoms with van der Waals surface area (Å²) < 4.78 is 6.71. The molecule has 0 unspecified atom stereocenters. The fraction of sp³-hybridized carbons (Fsp3) is 0.250. The zero-order chi connectivity index (χ0) is 25.3. The number of aromatic nitrogens is 2. The van der Waals surface area contributed by atoms with Gasteiger partial charge in [0.2, 0.25) is 0 Å². The normalized spacial score (nSPS) is 13.7. The summed E-state index contributed by atoms with van der Waals surface area (Å²) in [7, 11) is 0. The van der Waals surface area contributed by atoms with Gasteiger partial charge in [-0.15, -0.1) is 34.0 Å². The molecular weight excluding hydrogens is 509 g/mol. The Morgan fingerprint density at radius 1 is 0.838 bits per heavy atom. The highest BCUT2D eigenvalue weighted by Crippen LogP contribution is 2.48. The minimum atomic E-state index is 0.423. The van der Waals surface area contributed by atoms with E-state index in [2.05, 4.69) is 82.3 Å². The van der Waals surface area contributed by atoms with Crippen molar-refractivity contribution in [3.05, 3.63) is 70.4 Å². The van der Waals surface area contributed by atoms with Crippen molar-refractivity contribution in [1.82, 2.24) is 9.97 Å². The van der Waals surface area contributed by atoms with Gasteiger partial charge < -0.3 is 0 Å². The summed E-state index contributed by atoms with van der Waals surface area (Å²) in [5, 5.41) is 2.67. The number of fused-ring (bicyclic) bond motifs is 8. The monoisotopic (exact) mass is 536 g/mol. The lowest BCUT2D eigenvalue weighted by atomic mass is 9.95. The molecule has 184 valence electrons. The van der Waals surface area contributed by atoms with E-state index in [0.717, 1.165) is 24.1 Å². The topological polar surface area (TPSA) is 25.8 Å². The Kier molecular flexibility index (Phi) is 5.58. The molecule has 4 heterocycles. The summed E-state index contributed by atoms with van der Waals surface area (Å²) in [6.07, 6.45) is 13.0. The predicted molar refractivity (Wildman–Crippen MR) is 166 cm³/mol. The molecule has 0 saturated heterocycles. The Balaban J connectivity index is 1.46. The Bertz CT molecular complexity index is 1890. The van der Waals surface area contributed by atoms with Crippen LogP contribution < -0.4 is 0 Å². The van der Waals surface area contributed by atoms with Crippen molar-refractivity contribution in [3.63, 3.8) is 0 Å². The molecule has 2 nitrogen and oxygen atoms in total. The number of thiophene rings is 3. The maximum absolute atomic E-state index is 4.86. The average Bonchev–Trinajstić information content (AvgIpc) is 3.46. The molecule has 1 aliphatic carbocycles. The second-order valence-electron chi connectivity index (χ2n) is 10.7. The molecule has 7 rings (SSSR count). The van der Waals surface area contributed by atoms with Crippen molar-refractivity contribution in [2.24, 2.45) is 5.92 Å². The van der Waals surface area contributed by atoms with Gasteiger partial charge in [-0.05, 0) is 60.1 Å². The van der Waals surface area contributed by atoms with Crippen molar-refractivity contribution < 1.29 is 0 Å². The van der Waals surface area contributed by atoms with Gasteiger partial charge in [0.1, 0.15) is 6.33 Å². The molecule has 0 saturated carbocycles. The summed E-state index contributed by atoms with van der Waals surface area (Å²) in [5.41, 5.74) is 7.52. The molecule has 0 fully saturated rings. The van der Waals surface area contributed by atoms with Crippen LogP contribution in [0, 0.1) is 5.92 Å². The third kappa shape index (κ3) is 3.79. The number of hydrogen-bond donors (Lipinski definition) is 0. The van der Waals surface area contributed by atoms with E-state index in [4.69, 9.17) is 9.97 Å². The highest BCUT2D eigenvalue weighted by atomic mass is 32.1. The first-order valence-corrected chi connectivity index (χ1v) is 15.5. The van der Waals surface area contributed by atoms with E-state index in [1.807, 2.05) is 34.0 Å². The molecule has 0 radical (unpaired) electrons. The molecule has 6 aromatic rings. The molecule has 0 N–H and O–H groups in total. The fourth-order valence-electron chi connectivity index (χ4n) is 5.52. The molecule has 0 amide bonds. The standard InChI is InChI=1S/C32H28N2S3/c1-17(2)12-19-10-11-21-25(13-19)36-32-28(33-16-34-29(21)32)20-14-23(18(3)4)27-26(15-20)37-30-22-8-6-5-7-9-24(22)35-31(27)30/h6-11,13-18H,5,12H2,1-4H3. The third-order valence-electron chi connectivity index (χ3n) is 7.18. The van der Waals surface area contributed by atoms with E-state index in [-0.39, 0.29) is 0 Å². The first-order valence-electron chi connectivity index (χ1n) is 13.0. The summed E-state index contributed by atoms with van der Waals surface area (Å²) >= 11 is 5.71. The Labute approximate surface area is 229 Å². The lowest BCUT2D eigenvalue weighted by molar-refractivity contribution is 0.648. The number of nitrogens with zero attached hydrogens (tertiary/aromatic N) is 2. The van der Waals surface area contributed by atoms with Gasteiger partial charge in [0.15, 0.2) is 0 Å². The zero-order valence-electron chi connectivity index (χ0n) is 21.5. The molecule has 5 heteroatoms. The zero-order valence-corrected chi connectivity index (χ0v) is 23.9. The largest absolute Gasteiger partial charge is 0.235 e.